The fourth-order valence-corrected chi connectivity index (χ4v) is 3.17. The number of hydrogen-bond acceptors (Lipinski definition) is 2. The number of fused-ring (bicyclic) bond motifs is 1. The number of aromatic nitrogens is 2. The van der Waals surface area contributed by atoms with Crippen LogP contribution in [-0.2, 0) is 11.1 Å². The predicted molar refractivity (Wildman–Crippen MR) is 78.0 cm³/mol. The first kappa shape index (κ1) is 13.2. The summed E-state index contributed by atoms with van der Waals surface area (Å²) in [4.78, 5) is 2.64. The third-order valence-electron chi connectivity index (χ3n) is 5.54. The van der Waals surface area contributed by atoms with Gasteiger partial charge in [-0.3, -0.25) is 9.58 Å². The van der Waals surface area contributed by atoms with E-state index in [2.05, 4.69) is 61.7 Å². The number of piperidine rings is 1. The third kappa shape index (κ3) is 2.12. The molecule has 0 amide bonds. The SMILES string of the molecule is CCC(C)(C)n1cc(C(C)(C)N2CC3CC3C2)cn1. The monoisotopic (exact) mass is 261 g/mol. The predicted octanol–water partition coefficient (Wildman–Crippen LogP) is 3.22. The highest BCUT2D eigenvalue weighted by atomic mass is 15.3. The van der Waals surface area contributed by atoms with Gasteiger partial charge in [0.05, 0.1) is 11.7 Å². The van der Waals surface area contributed by atoms with Crippen molar-refractivity contribution >= 4 is 0 Å². The van der Waals surface area contributed by atoms with Gasteiger partial charge in [-0.25, -0.2) is 0 Å². The Bertz CT molecular complexity index is 462. The van der Waals surface area contributed by atoms with E-state index >= 15 is 0 Å². The molecular formula is C16H27N3. The van der Waals surface area contributed by atoms with Crippen LogP contribution in [0.5, 0.6) is 0 Å². The summed E-state index contributed by atoms with van der Waals surface area (Å²) in [5, 5.41) is 4.62. The van der Waals surface area contributed by atoms with E-state index in [1.807, 2.05) is 0 Å². The molecule has 1 saturated heterocycles. The molecule has 2 fully saturated rings. The molecule has 3 rings (SSSR count). The Morgan fingerprint density at radius 2 is 1.84 bits per heavy atom. The van der Waals surface area contributed by atoms with Crippen molar-refractivity contribution < 1.29 is 0 Å². The van der Waals surface area contributed by atoms with E-state index < -0.39 is 0 Å². The smallest absolute Gasteiger partial charge is 0.0569 e. The van der Waals surface area contributed by atoms with E-state index in [4.69, 9.17) is 0 Å². The first-order valence-electron chi connectivity index (χ1n) is 7.65. The highest BCUT2D eigenvalue weighted by Gasteiger charge is 2.49. The molecule has 2 aliphatic rings. The highest BCUT2D eigenvalue weighted by molar-refractivity contribution is 5.19. The molecule has 1 aliphatic heterocycles. The molecule has 0 aromatic carbocycles. The van der Waals surface area contributed by atoms with Crippen LogP contribution in [-0.4, -0.2) is 27.8 Å². The van der Waals surface area contributed by atoms with E-state index in [0.29, 0.717) is 0 Å². The molecule has 2 unspecified atom stereocenters. The van der Waals surface area contributed by atoms with Crippen LogP contribution in [0.25, 0.3) is 0 Å². The number of nitrogens with zero attached hydrogens (tertiary/aromatic N) is 3. The highest BCUT2D eigenvalue weighted by Crippen LogP contribution is 2.48. The van der Waals surface area contributed by atoms with Crippen LogP contribution in [0.4, 0.5) is 0 Å². The van der Waals surface area contributed by atoms with Crippen molar-refractivity contribution in [1.82, 2.24) is 14.7 Å². The van der Waals surface area contributed by atoms with Crippen molar-refractivity contribution in [3.8, 4) is 0 Å². The van der Waals surface area contributed by atoms with Crippen LogP contribution in [0.3, 0.4) is 0 Å². The molecule has 3 nitrogen and oxygen atoms in total. The summed E-state index contributed by atoms with van der Waals surface area (Å²) in [7, 11) is 0. The molecule has 19 heavy (non-hydrogen) atoms. The minimum absolute atomic E-state index is 0.113. The van der Waals surface area contributed by atoms with Crippen LogP contribution in [0.1, 0.15) is 53.0 Å². The van der Waals surface area contributed by atoms with Crippen LogP contribution >= 0.6 is 0 Å². The van der Waals surface area contributed by atoms with Gasteiger partial charge >= 0.3 is 0 Å². The van der Waals surface area contributed by atoms with Gasteiger partial charge in [-0.05, 0) is 52.4 Å². The molecule has 0 radical (unpaired) electrons. The second-order valence-electron chi connectivity index (χ2n) is 7.56. The lowest BCUT2D eigenvalue weighted by molar-refractivity contribution is 0.137. The normalized spacial score (nSPS) is 27.6. The van der Waals surface area contributed by atoms with Crippen molar-refractivity contribution in [1.29, 1.82) is 0 Å². The Morgan fingerprint density at radius 3 is 2.42 bits per heavy atom. The van der Waals surface area contributed by atoms with E-state index in [1.54, 1.807) is 0 Å². The molecule has 0 bridgehead atoms. The van der Waals surface area contributed by atoms with Crippen LogP contribution < -0.4 is 0 Å². The van der Waals surface area contributed by atoms with E-state index in [-0.39, 0.29) is 11.1 Å². The number of rotatable bonds is 4. The van der Waals surface area contributed by atoms with Gasteiger partial charge in [0, 0.05) is 30.4 Å². The molecule has 1 saturated carbocycles. The van der Waals surface area contributed by atoms with Gasteiger partial charge in [0.15, 0.2) is 0 Å². The summed E-state index contributed by atoms with van der Waals surface area (Å²) >= 11 is 0. The molecular weight excluding hydrogens is 234 g/mol. The van der Waals surface area contributed by atoms with Gasteiger partial charge < -0.3 is 0 Å². The molecule has 1 aliphatic carbocycles. The molecule has 0 spiro atoms. The fourth-order valence-electron chi connectivity index (χ4n) is 3.17. The Balaban J connectivity index is 1.81. The van der Waals surface area contributed by atoms with Crippen LogP contribution in [0.2, 0.25) is 0 Å². The summed E-state index contributed by atoms with van der Waals surface area (Å²) in [6, 6.07) is 0. The van der Waals surface area contributed by atoms with Gasteiger partial charge in [-0.2, -0.15) is 5.10 Å². The van der Waals surface area contributed by atoms with Gasteiger partial charge in [0.2, 0.25) is 0 Å². The van der Waals surface area contributed by atoms with E-state index in [1.165, 1.54) is 25.1 Å². The first-order chi connectivity index (χ1) is 8.84. The zero-order chi connectivity index (χ0) is 13.8. The molecule has 2 atom stereocenters. The molecule has 1 aromatic heterocycles. The first-order valence-corrected chi connectivity index (χ1v) is 7.65. The Kier molecular flexibility index (Phi) is 2.83. The van der Waals surface area contributed by atoms with Crippen molar-refractivity contribution in [2.24, 2.45) is 11.8 Å². The van der Waals surface area contributed by atoms with E-state index in [9.17, 15) is 0 Å². The average molecular weight is 261 g/mol. The summed E-state index contributed by atoms with van der Waals surface area (Å²) in [6.45, 7) is 14.0. The van der Waals surface area contributed by atoms with Gasteiger partial charge in [-0.15, -0.1) is 0 Å². The lowest BCUT2D eigenvalue weighted by Crippen LogP contribution is -2.40. The Hall–Kier alpha value is -0.830. The topological polar surface area (TPSA) is 21.1 Å². The summed E-state index contributed by atoms with van der Waals surface area (Å²) in [5.41, 5.74) is 1.59. The van der Waals surface area contributed by atoms with E-state index in [0.717, 1.165) is 18.3 Å². The summed E-state index contributed by atoms with van der Waals surface area (Å²) in [6.07, 6.45) is 6.89. The molecule has 0 N–H and O–H groups in total. The lowest BCUT2D eigenvalue weighted by atomic mass is 9.95. The molecule has 2 heterocycles. The number of likely N-dealkylation sites (tertiary alicyclic amines) is 1. The van der Waals surface area contributed by atoms with Crippen molar-refractivity contribution in [2.45, 2.75) is 58.5 Å². The Morgan fingerprint density at radius 1 is 1.21 bits per heavy atom. The lowest BCUT2D eigenvalue weighted by Gasteiger charge is -2.36. The van der Waals surface area contributed by atoms with Gasteiger partial charge in [0.1, 0.15) is 0 Å². The largest absolute Gasteiger partial charge is 0.293 e. The standard InChI is InChI=1S/C16H27N3/c1-6-15(2,3)19-11-14(8-17-19)16(4,5)18-9-12-7-13(12)10-18/h8,11-13H,6-7,9-10H2,1-5H3. The summed E-state index contributed by atoms with van der Waals surface area (Å²) < 4.78 is 2.14. The molecule has 106 valence electrons. The maximum Gasteiger partial charge on any atom is 0.0569 e. The van der Waals surface area contributed by atoms with Crippen molar-refractivity contribution in [2.75, 3.05) is 13.1 Å². The minimum atomic E-state index is 0.113. The van der Waals surface area contributed by atoms with Gasteiger partial charge in [0.25, 0.3) is 0 Å². The van der Waals surface area contributed by atoms with Crippen LogP contribution in [0.15, 0.2) is 12.4 Å². The average Bonchev–Trinajstić information content (AvgIpc) is 2.85. The zero-order valence-corrected chi connectivity index (χ0v) is 13.0. The molecule has 1 aromatic rings. The minimum Gasteiger partial charge on any atom is -0.293 e. The second-order valence-corrected chi connectivity index (χ2v) is 7.56. The fraction of sp³-hybridized carbons (Fsp3) is 0.812. The van der Waals surface area contributed by atoms with Crippen LogP contribution in [0, 0.1) is 11.8 Å². The van der Waals surface area contributed by atoms with Crippen molar-refractivity contribution in [3.05, 3.63) is 18.0 Å². The van der Waals surface area contributed by atoms with Gasteiger partial charge in [-0.1, -0.05) is 6.92 Å². The maximum absolute atomic E-state index is 4.62. The summed E-state index contributed by atoms with van der Waals surface area (Å²) in [5.74, 6) is 1.97. The Labute approximate surface area is 117 Å². The quantitative estimate of drug-likeness (QED) is 0.830. The third-order valence-corrected chi connectivity index (χ3v) is 5.54. The maximum atomic E-state index is 4.62. The molecule has 3 heteroatoms. The van der Waals surface area contributed by atoms with Crippen molar-refractivity contribution in [3.63, 3.8) is 0 Å². The zero-order valence-electron chi connectivity index (χ0n) is 13.0. The number of hydrogen-bond donors (Lipinski definition) is 0. The second kappa shape index (κ2) is 4.08.